The lowest BCUT2D eigenvalue weighted by atomic mass is 10.0. The Morgan fingerprint density at radius 1 is 1.21 bits per heavy atom. The Morgan fingerprint density at radius 2 is 1.79 bits per heavy atom. The van der Waals surface area contributed by atoms with Crippen molar-refractivity contribution in [2.45, 2.75) is 79.0 Å². The third-order valence-corrected chi connectivity index (χ3v) is 2.91. The van der Waals surface area contributed by atoms with Gasteiger partial charge < -0.3 is 15.4 Å². The summed E-state index contributed by atoms with van der Waals surface area (Å²) < 4.78 is 5.29. The molecule has 0 saturated heterocycles. The van der Waals surface area contributed by atoms with Gasteiger partial charge in [0, 0.05) is 18.6 Å². The minimum atomic E-state index is -0.450. The molecule has 2 N–H and O–H groups in total. The Balaban J connectivity index is 4.23. The van der Waals surface area contributed by atoms with Gasteiger partial charge in [-0.15, -0.1) is 0 Å². The number of hydrogen-bond acceptors (Lipinski definition) is 3. The first-order valence-electron chi connectivity index (χ1n) is 7.38. The van der Waals surface area contributed by atoms with E-state index in [1.165, 1.54) is 6.42 Å². The van der Waals surface area contributed by atoms with E-state index in [-0.39, 0.29) is 12.1 Å². The molecule has 0 spiro atoms. The standard InChI is InChI=1S/C15H32N2O2/c1-8-9-12(4)16-10-13(11(2)3)17-14(18)19-15(5,6)7/h11-13,16H,8-10H2,1-7H3,(H,17,18). The van der Waals surface area contributed by atoms with Crippen LogP contribution in [0.15, 0.2) is 0 Å². The summed E-state index contributed by atoms with van der Waals surface area (Å²) in [4.78, 5) is 11.8. The summed E-state index contributed by atoms with van der Waals surface area (Å²) in [6, 6.07) is 0.570. The third kappa shape index (κ3) is 9.77. The van der Waals surface area contributed by atoms with E-state index in [1.54, 1.807) is 0 Å². The van der Waals surface area contributed by atoms with Crippen LogP contribution in [0.5, 0.6) is 0 Å². The monoisotopic (exact) mass is 272 g/mol. The van der Waals surface area contributed by atoms with Crippen molar-refractivity contribution in [3.05, 3.63) is 0 Å². The maximum absolute atomic E-state index is 11.8. The highest BCUT2D eigenvalue weighted by Crippen LogP contribution is 2.08. The molecule has 114 valence electrons. The summed E-state index contributed by atoms with van der Waals surface area (Å²) >= 11 is 0. The van der Waals surface area contributed by atoms with Gasteiger partial charge in [0.15, 0.2) is 0 Å². The molecule has 4 heteroatoms. The highest BCUT2D eigenvalue weighted by atomic mass is 16.6. The SMILES string of the molecule is CCCC(C)NCC(NC(=O)OC(C)(C)C)C(C)C. The lowest BCUT2D eigenvalue weighted by molar-refractivity contribution is 0.0489. The molecule has 0 radical (unpaired) electrons. The largest absolute Gasteiger partial charge is 0.444 e. The van der Waals surface area contributed by atoms with Crippen LogP contribution in [0.3, 0.4) is 0 Å². The van der Waals surface area contributed by atoms with E-state index < -0.39 is 5.60 Å². The van der Waals surface area contributed by atoms with Crippen LogP contribution in [0.4, 0.5) is 4.79 Å². The Kier molecular flexibility index (Phi) is 8.07. The topological polar surface area (TPSA) is 50.4 Å². The second-order valence-electron chi connectivity index (χ2n) is 6.59. The fourth-order valence-electron chi connectivity index (χ4n) is 1.78. The molecule has 4 nitrogen and oxygen atoms in total. The maximum atomic E-state index is 11.8. The van der Waals surface area contributed by atoms with E-state index >= 15 is 0 Å². The number of amides is 1. The van der Waals surface area contributed by atoms with Gasteiger partial charge in [-0.2, -0.15) is 0 Å². The molecular weight excluding hydrogens is 240 g/mol. The van der Waals surface area contributed by atoms with E-state index in [4.69, 9.17) is 4.74 Å². The molecule has 0 saturated carbocycles. The summed E-state index contributed by atoms with van der Waals surface area (Å²) in [5.74, 6) is 0.369. The first-order chi connectivity index (χ1) is 8.65. The molecule has 0 aliphatic carbocycles. The second-order valence-corrected chi connectivity index (χ2v) is 6.59. The minimum absolute atomic E-state index is 0.0918. The van der Waals surface area contributed by atoms with Gasteiger partial charge in [-0.3, -0.25) is 0 Å². The zero-order valence-electron chi connectivity index (χ0n) is 13.7. The van der Waals surface area contributed by atoms with E-state index in [9.17, 15) is 4.79 Å². The number of ether oxygens (including phenoxy) is 1. The predicted molar refractivity (Wildman–Crippen MR) is 80.4 cm³/mol. The average molecular weight is 272 g/mol. The average Bonchev–Trinajstić information content (AvgIpc) is 2.21. The summed E-state index contributed by atoms with van der Waals surface area (Å²) in [7, 11) is 0. The lowest BCUT2D eigenvalue weighted by Crippen LogP contribution is -2.48. The van der Waals surface area contributed by atoms with Crippen molar-refractivity contribution in [3.8, 4) is 0 Å². The molecule has 0 bridgehead atoms. The quantitative estimate of drug-likeness (QED) is 0.747. The number of carbonyl (C=O) groups excluding carboxylic acids is 1. The maximum Gasteiger partial charge on any atom is 0.407 e. The van der Waals surface area contributed by atoms with E-state index in [0.717, 1.165) is 13.0 Å². The van der Waals surface area contributed by atoms with Crippen molar-refractivity contribution >= 4 is 6.09 Å². The summed E-state index contributed by atoms with van der Waals surface area (Å²) in [5.41, 5.74) is -0.450. The third-order valence-electron chi connectivity index (χ3n) is 2.91. The molecule has 0 aromatic heterocycles. The van der Waals surface area contributed by atoms with Crippen LogP contribution < -0.4 is 10.6 Å². The number of rotatable bonds is 7. The van der Waals surface area contributed by atoms with Crippen molar-refractivity contribution < 1.29 is 9.53 Å². The molecule has 2 unspecified atom stereocenters. The molecule has 2 atom stereocenters. The van der Waals surface area contributed by atoms with Gasteiger partial charge >= 0.3 is 6.09 Å². The molecule has 0 aliphatic rings. The Bertz CT molecular complexity index is 259. The molecule has 0 heterocycles. The summed E-state index contributed by atoms with van der Waals surface area (Å²) in [6.07, 6.45) is 1.98. The van der Waals surface area contributed by atoms with Crippen molar-refractivity contribution in [2.75, 3.05) is 6.54 Å². The second kappa shape index (κ2) is 8.41. The van der Waals surface area contributed by atoms with E-state index in [2.05, 4.69) is 38.3 Å². The van der Waals surface area contributed by atoms with Crippen LogP contribution in [0.1, 0.15) is 61.3 Å². The van der Waals surface area contributed by atoms with Gasteiger partial charge in [0.25, 0.3) is 0 Å². The number of carbonyl (C=O) groups is 1. The Labute approximate surface area is 118 Å². The van der Waals surface area contributed by atoms with Crippen LogP contribution >= 0.6 is 0 Å². The first kappa shape index (κ1) is 18.2. The van der Waals surface area contributed by atoms with Crippen molar-refractivity contribution in [2.24, 2.45) is 5.92 Å². The van der Waals surface area contributed by atoms with Gasteiger partial charge in [-0.05, 0) is 40.0 Å². The normalized spacial score (nSPS) is 15.2. The van der Waals surface area contributed by atoms with Gasteiger partial charge in [-0.25, -0.2) is 4.79 Å². The fourth-order valence-corrected chi connectivity index (χ4v) is 1.78. The van der Waals surface area contributed by atoms with Gasteiger partial charge in [0.05, 0.1) is 0 Å². The minimum Gasteiger partial charge on any atom is -0.444 e. The van der Waals surface area contributed by atoms with Crippen LogP contribution in [0.2, 0.25) is 0 Å². The predicted octanol–water partition coefficient (Wildman–Crippen LogP) is 3.31. The Morgan fingerprint density at radius 3 is 2.21 bits per heavy atom. The van der Waals surface area contributed by atoms with Crippen LogP contribution in [-0.4, -0.2) is 30.3 Å². The number of alkyl carbamates (subject to hydrolysis) is 1. The number of nitrogens with one attached hydrogen (secondary N) is 2. The molecule has 0 rings (SSSR count). The number of hydrogen-bond donors (Lipinski definition) is 2. The zero-order valence-corrected chi connectivity index (χ0v) is 13.7. The highest BCUT2D eigenvalue weighted by molar-refractivity contribution is 5.68. The molecule has 1 amide bonds. The van der Waals surface area contributed by atoms with Gasteiger partial charge in [-0.1, -0.05) is 27.2 Å². The fraction of sp³-hybridized carbons (Fsp3) is 0.933. The smallest absolute Gasteiger partial charge is 0.407 e. The van der Waals surface area contributed by atoms with E-state index in [0.29, 0.717) is 12.0 Å². The molecule has 0 aliphatic heterocycles. The summed E-state index contributed by atoms with van der Waals surface area (Å²) in [6.45, 7) is 15.0. The molecule has 19 heavy (non-hydrogen) atoms. The van der Waals surface area contributed by atoms with Crippen molar-refractivity contribution in [1.82, 2.24) is 10.6 Å². The van der Waals surface area contributed by atoms with Gasteiger partial charge in [0.2, 0.25) is 0 Å². The van der Waals surface area contributed by atoms with Gasteiger partial charge in [0.1, 0.15) is 5.60 Å². The van der Waals surface area contributed by atoms with Crippen LogP contribution in [-0.2, 0) is 4.74 Å². The first-order valence-corrected chi connectivity index (χ1v) is 7.38. The van der Waals surface area contributed by atoms with Crippen molar-refractivity contribution in [1.29, 1.82) is 0 Å². The molecule has 0 aromatic carbocycles. The summed E-state index contributed by atoms with van der Waals surface area (Å²) in [5, 5.41) is 6.41. The van der Waals surface area contributed by atoms with Crippen LogP contribution in [0.25, 0.3) is 0 Å². The van der Waals surface area contributed by atoms with Crippen molar-refractivity contribution in [3.63, 3.8) is 0 Å². The molecule has 0 aromatic rings. The van der Waals surface area contributed by atoms with E-state index in [1.807, 2.05) is 20.8 Å². The Hall–Kier alpha value is -0.770. The molecule has 0 fully saturated rings. The highest BCUT2D eigenvalue weighted by Gasteiger charge is 2.21. The zero-order chi connectivity index (χ0) is 15.1. The molecular formula is C15H32N2O2. The lowest BCUT2D eigenvalue weighted by Gasteiger charge is -2.27. The van der Waals surface area contributed by atoms with Crippen LogP contribution in [0, 0.1) is 5.92 Å².